The lowest BCUT2D eigenvalue weighted by atomic mass is 9.41. The molecule has 270 valence electrons. The Bertz CT molecular complexity index is 1390. The van der Waals surface area contributed by atoms with Crippen molar-refractivity contribution < 1.29 is 53.6 Å². The van der Waals surface area contributed by atoms with Crippen molar-refractivity contribution in [1.29, 1.82) is 0 Å². The van der Waals surface area contributed by atoms with Gasteiger partial charge in [0.25, 0.3) is 0 Å². The number of hydrogen-bond acceptors (Lipinski definition) is 11. The summed E-state index contributed by atoms with van der Waals surface area (Å²) in [5, 5.41) is 41.7. The average molecular weight is 677 g/mol. The molecule has 19 atom stereocenters. The van der Waals surface area contributed by atoms with Gasteiger partial charge < -0.3 is 48.8 Å². The number of hydrogen-bond donors (Lipinski definition) is 4. The maximum Gasteiger partial charge on any atom is 0.302 e. The van der Waals surface area contributed by atoms with Crippen LogP contribution in [0, 0.1) is 50.7 Å². The second-order valence-electron chi connectivity index (χ2n) is 18.9. The molecule has 4 N–H and O–H groups in total. The highest BCUT2D eigenvalue weighted by Gasteiger charge is 2.87. The summed E-state index contributed by atoms with van der Waals surface area (Å²) in [7, 11) is 0. The van der Waals surface area contributed by atoms with Gasteiger partial charge in [-0.1, -0.05) is 34.6 Å². The van der Waals surface area contributed by atoms with Crippen molar-refractivity contribution in [3.8, 4) is 0 Å². The first-order chi connectivity index (χ1) is 22.4. The van der Waals surface area contributed by atoms with Gasteiger partial charge in [0.1, 0.15) is 36.1 Å². The predicted octanol–water partition coefficient (Wildman–Crippen LogP) is 3.03. The topological polar surface area (TPSA) is 157 Å². The van der Waals surface area contributed by atoms with Crippen molar-refractivity contribution in [2.75, 3.05) is 6.61 Å². The van der Waals surface area contributed by atoms with Crippen LogP contribution in [0.3, 0.4) is 0 Å². The van der Waals surface area contributed by atoms with E-state index in [2.05, 4.69) is 34.6 Å². The smallest absolute Gasteiger partial charge is 0.302 e. The fourth-order valence-electron chi connectivity index (χ4n) is 14.6. The molecule has 0 aromatic rings. The summed E-state index contributed by atoms with van der Waals surface area (Å²) in [5.41, 5.74) is -1.23. The number of ether oxygens (including phenoxy) is 6. The van der Waals surface area contributed by atoms with Crippen LogP contribution in [0.25, 0.3) is 0 Å². The molecule has 9 aliphatic rings. The van der Waals surface area contributed by atoms with E-state index in [1.807, 2.05) is 6.92 Å². The van der Waals surface area contributed by atoms with Crippen LogP contribution in [0.2, 0.25) is 0 Å². The van der Waals surface area contributed by atoms with E-state index in [-0.39, 0.29) is 75.9 Å². The van der Waals surface area contributed by atoms with Crippen molar-refractivity contribution in [3.05, 3.63) is 0 Å². The maximum absolute atomic E-state index is 12.9. The van der Waals surface area contributed by atoms with Crippen molar-refractivity contribution >= 4 is 5.97 Å². The molecule has 5 aliphatic carbocycles. The predicted molar refractivity (Wildman–Crippen MR) is 168 cm³/mol. The number of carbonyl (C=O) groups is 1. The summed E-state index contributed by atoms with van der Waals surface area (Å²) < 4.78 is 37.9. The second-order valence-corrected chi connectivity index (χ2v) is 18.9. The quantitative estimate of drug-likeness (QED) is 0.198. The van der Waals surface area contributed by atoms with Crippen LogP contribution in [-0.4, -0.2) is 99.7 Å². The Morgan fingerprint density at radius 1 is 0.833 bits per heavy atom. The molecule has 3 spiro atoms. The molecule has 48 heavy (non-hydrogen) atoms. The zero-order valence-corrected chi connectivity index (χ0v) is 29.5. The lowest BCUT2D eigenvalue weighted by Gasteiger charge is -2.65. The minimum Gasteiger partial charge on any atom is -0.462 e. The molecule has 0 bridgehead atoms. The molecule has 0 radical (unpaired) electrons. The SMILES string of the molecule is CC(=O)O[C@@H]1CC23C[C@@]24CC[C@H](O[C@@H]2OC[C@H](O)[C@H](O)C2O)C(C)(C)[C@@H]4CC[C@H]3[C@]2(C)CC3O[C@]4(C[C@@H](C)[C@@H]3[C@@]12C)OC(O)C1(C)OC14. The molecule has 11 heteroatoms. The van der Waals surface area contributed by atoms with Gasteiger partial charge in [0.2, 0.25) is 5.79 Å². The molecule has 11 nitrogen and oxygen atoms in total. The van der Waals surface area contributed by atoms with Crippen molar-refractivity contribution in [2.24, 2.45) is 50.7 Å². The Hall–Kier alpha value is -0.890. The van der Waals surface area contributed by atoms with Gasteiger partial charge in [0.15, 0.2) is 12.6 Å². The lowest BCUT2D eigenvalue weighted by molar-refractivity contribution is -0.346. The molecule has 5 saturated carbocycles. The van der Waals surface area contributed by atoms with E-state index in [1.54, 1.807) is 6.92 Å². The Morgan fingerprint density at radius 2 is 1.56 bits per heavy atom. The number of aliphatic hydroxyl groups excluding tert-OH is 4. The molecular weight excluding hydrogens is 620 g/mol. The van der Waals surface area contributed by atoms with Crippen LogP contribution in [0.4, 0.5) is 0 Å². The van der Waals surface area contributed by atoms with Crippen molar-refractivity contribution in [3.63, 3.8) is 0 Å². The molecule has 4 heterocycles. The summed E-state index contributed by atoms with van der Waals surface area (Å²) in [6.07, 6.45) is 0.880. The van der Waals surface area contributed by atoms with Gasteiger partial charge >= 0.3 is 5.97 Å². The van der Waals surface area contributed by atoms with E-state index in [9.17, 15) is 25.2 Å². The molecular formula is C37H56O11. The Balaban J connectivity index is 1.03. The van der Waals surface area contributed by atoms with Crippen LogP contribution in [0.5, 0.6) is 0 Å². The highest BCUT2D eigenvalue weighted by atomic mass is 16.8. The summed E-state index contributed by atoms with van der Waals surface area (Å²) in [4.78, 5) is 12.9. The van der Waals surface area contributed by atoms with Gasteiger partial charge in [-0.15, -0.1) is 0 Å². The second kappa shape index (κ2) is 9.75. The monoisotopic (exact) mass is 676 g/mol. The first-order valence-corrected chi connectivity index (χ1v) is 18.6. The van der Waals surface area contributed by atoms with Gasteiger partial charge in [0.05, 0.1) is 18.8 Å². The molecule has 6 unspecified atom stereocenters. The Labute approximate surface area is 283 Å². The third kappa shape index (κ3) is 3.74. The molecule has 4 saturated heterocycles. The van der Waals surface area contributed by atoms with E-state index < -0.39 is 42.3 Å². The Morgan fingerprint density at radius 3 is 2.23 bits per heavy atom. The number of fused-ring (bicyclic) bond motifs is 6. The highest BCUT2D eigenvalue weighted by Crippen LogP contribution is 2.89. The first-order valence-electron chi connectivity index (χ1n) is 18.6. The summed E-state index contributed by atoms with van der Waals surface area (Å²) in [5.74, 6) is 0.0295. The van der Waals surface area contributed by atoms with Crippen molar-refractivity contribution in [1.82, 2.24) is 0 Å². The first kappa shape index (κ1) is 33.0. The van der Waals surface area contributed by atoms with E-state index in [0.29, 0.717) is 18.3 Å². The van der Waals surface area contributed by atoms with E-state index in [0.717, 1.165) is 44.9 Å². The van der Waals surface area contributed by atoms with Crippen molar-refractivity contribution in [2.45, 2.75) is 167 Å². The van der Waals surface area contributed by atoms with Gasteiger partial charge in [-0.2, -0.15) is 0 Å². The standard InChI is InChI=1S/C37H56O11/c1-17-12-37(29-34(7,47-29)30(42)48-37)46-20-13-32(5)22-9-8-21-31(3,4)23(45-28-27(41)26(40)19(39)15-43-28)10-11-35(21)16-36(22,35)14-24(44-18(2)38)33(32,6)25(17)20/h17,19-30,39-42H,8-16H2,1-7H3/t17-,19+,20?,21+,22+,23+,24-,25+,26+,27?,28+,29?,30?,32+,33-,34?,35-,36?,37-/m1/s1. The fourth-order valence-corrected chi connectivity index (χ4v) is 14.6. The Kier molecular flexibility index (Phi) is 6.70. The van der Waals surface area contributed by atoms with Crippen LogP contribution in [0.1, 0.15) is 99.8 Å². The molecule has 0 aromatic carbocycles. The lowest BCUT2D eigenvalue weighted by Crippen LogP contribution is -2.64. The van der Waals surface area contributed by atoms with Crippen LogP contribution in [0.15, 0.2) is 0 Å². The number of carbonyl (C=O) groups excluding carboxylic acids is 1. The maximum atomic E-state index is 12.9. The zero-order valence-electron chi connectivity index (χ0n) is 29.5. The van der Waals surface area contributed by atoms with E-state index >= 15 is 0 Å². The summed E-state index contributed by atoms with van der Waals surface area (Å²) in [6, 6.07) is 0. The average Bonchev–Trinajstić information content (AvgIpc) is 3.84. The third-order valence-corrected chi connectivity index (χ3v) is 16.8. The largest absolute Gasteiger partial charge is 0.462 e. The molecule has 0 aromatic heterocycles. The normalized spacial score (nSPS) is 63.3. The molecule has 9 fully saturated rings. The molecule has 0 amide bonds. The minimum atomic E-state index is -1.31. The molecule has 9 rings (SSSR count). The van der Waals surface area contributed by atoms with Crippen LogP contribution in [-0.2, 0) is 33.2 Å². The minimum absolute atomic E-state index is 0.0420. The number of aliphatic hydroxyl groups is 4. The van der Waals surface area contributed by atoms with Crippen LogP contribution < -0.4 is 0 Å². The third-order valence-electron chi connectivity index (χ3n) is 16.8. The number of epoxide rings is 1. The summed E-state index contributed by atoms with van der Waals surface area (Å²) >= 11 is 0. The van der Waals surface area contributed by atoms with Gasteiger partial charge in [0, 0.05) is 18.8 Å². The van der Waals surface area contributed by atoms with Crippen LogP contribution >= 0.6 is 0 Å². The molecule has 4 aliphatic heterocycles. The highest BCUT2D eigenvalue weighted by molar-refractivity contribution is 5.66. The van der Waals surface area contributed by atoms with E-state index in [1.165, 1.54) is 0 Å². The van der Waals surface area contributed by atoms with E-state index in [4.69, 9.17) is 28.4 Å². The zero-order chi connectivity index (χ0) is 34.2. The fraction of sp³-hybridized carbons (Fsp3) is 0.973. The van der Waals surface area contributed by atoms with Gasteiger partial charge in [-0.05, 0) is 97.2 Å². The number of rotatable bonds is 3. The number of esters is 1. The van der Waals surface area contributed by atoms with Gasteiger partial charge in [-0.25, -0.2) is 0 Å². The van der Waals surface area contributed by atoms with Gasteiger partial charge in [-0.3, -0.25) is 4.79 Å². The summed E-state index contributed by atoms with van der Waals surface area (Å²) in [6.45, 7) is 15.1.